The predicted octanol–water partition coefficient (Wildman–Crippen LogP) is 0.369. The molecule has 9 nitrogen and oxygen atoms in total. The zero-order valence-electron chi connectivity index (χ0n) is 17.7. The number of guanidine groups is 1. The second-order valence-electron chi connectivity index (χ2n) is 7.41. The monoisotopic (exact) mass is 547 g/mol. The van der Waals surface area contributed by atoms with Gasteiger partial charge in [-0.05, 0) is 32.1 Å². The Morgan fingerprint density at radius 1 is 1.24 bits per heavy atom. The molecule has 0 aromatic heterocycles. The van der Waals surface area contributed by atoms with Gasteiger partial charge in [-0.3, -0.25) is 4.99 Å². The average molecular weight is 548 g/mol. The van der Waals surface area contributed by atoms with Gasteiger partial charge >= 0.3 is 0 Å². The topological polar surface area (TPSA) is 104 Å². The molecule has 2 fully saturated rings. The Bertz CT molecular complexity index is 565. The molecule has 29 heavy (non-hydrogen) atoms. The standard InChI is InChI=1S/C18H37N5O4S.HI/c1-19-18(22-16-6-9-23(10-7-16)11-13-26-2)20-8-14-28(24,25)21-15-17-5-3-4-12-27-17;/h16-17,21H,3-15H2,1-2H3,(H2,19,20,22);1H. The molecule has 2 aliphatic rings. The van der Waals surface area contributed by atoms with E-state index in [1.54, 1.807) is 14.2 Å². The second kappa shape index (κ2) is 14.7. The number of sulfonamides is 1. The Balaban J connectivity index is 0.00000420. The molecule has 2 aliphatic heterocycles. The Hall–Kier alpha value is -0.210. The maximum absolute atomic E-state index is 12.2. The van der Waals surface area contributed by atoms with Crippen LogP contribution in [-0.2, 0) is 19.5 Å². The van der Waals surface area contributed by atoms with Gasteiger partial charge in [0.05, 0.1) is 18.5 Å². The van der Waals surface area contributed by atoms with Crippen LogP contribution in [0.3, 0.4) is 0 Å². The number of halogens is 1. The molecule has 1 atom stereocenters. The average Bonchev–Trinajstić information content (AvgIpc) is 2.71. The molecule has 0 aromatic carbocycles. The maximum Gasteiger partial charge on any atom is 0.213 e. The molecule has 0 radical (unpaired) electrons. The summed E-state index contributed by atoms with van der Waals surface area (Å²) in [7, 11) is 0.102. The van der Waals surface area contributed by atoms with Crippen molar-refractivity contribution in [2.75, 3.05) is 65.8 Å². The van der Waals surface area contributed by atoms with Gasteiger partial charge in [-0.15, -0.1) is 24.0 Å². The molecule has 3 N–H and O–H groups in total. The van der Waals surface area contributed by atoms with Crippen LogP contribution < -0.4 is 15.4 Å². The van der Waals surface area contributed by atoms with E-state index in [0.29, 0.717) is 25.1 Å². The van der Waals surface area contributed by atoms with E-state index >= 15 is 0 Å². The summed E-state index contributed by atoms with van der Waals surface area (Å²) >= 11 is 0. The first-order valence-corrected chi connectivity index (χ1v) is 11.9. The van der Waals surface area contributed by atoms with Gasteiger partial charge in [0.2, 0.25) is 10.0 Å². The lowest BCUT2D eigenvalue weighted by Crippen LogP contribution is -2.50. The minimum atomic E-state index is -3.33. The summed E-state index contributed by atoms with van der Waals surface area (Å²) in [5.74, 6) is 0.664. The van der Waals surface area contributed by atoms with Crippen molar-refractivity contribution in [1.29, 1.82) is 0 Å². The number of methoxy groups -OCH3 is 1. The molecule has 0 aliphatic carbocycles. The molecule has 172 valence electrons. The molecule has 0 aromatic rings. The maximum atomic E-state index is 12.2. The number of rotatable bonds is 10. The highest BCUT2D eigenvalue weighted by molar-refractivity contribution is 14.0. The molecule has 0 bridgehead atoms. The number of piperidine rings is 1. The molecule has 2 rings (SSSR count). The minimum absolute atomic E-state index is 0. The summed E-state index contributed by atoms with van der Waals surface area (Å²) in [5, 5.41) is 6.51. The van der Waals surface area contributed by atoms with Gasteiger partial charge in [0.1, 0.15) is 0 Å². The summed E-state index contributed by atoms with van der Waals surface area (Å²) in [4.78, 5) is 6.61. The van der Waals surface area contributed by atoms with E-state index in [0.717, 1.165) is 65.0 Å². The number of likely N-dealkylation sites (tertiary alicyclic amines) is 1. The van der Waals surface area contributed by atoms with Crippen LogP contribution in [0.2, 0.25) is 0 Å². The highest BCUT2D eigenvalue weighted by Crippen LogP contribution is 2.12. The van der Waals surface area contributed by atoms with Crippen molar-refractivity contribution in [1.82, 2.24) is 20.3 Å². The fourth-order valence-corrected chi connectivity index (χ4v) is 4.43. The van der Waals surface area contributed by atoms with Gasteiger partial charge in [-0.2, -0.15) is 0 Å². The Kier molecular flexibility index (Phi) is 13.6. The van der Waals surface area contributed by atoms with Crippen LogP contribution in [0.15, 0.2) is 4.99 Å². The van der Waals surface area contributed by atoms with Crippen molar-refractivity contribution in [3.05, 3.63) is 0 Å². The molecule has 0 saturated carbocycles. The van der Waals surface area contributed by atoms with Crippen LogP contribution in [0.5, 0.6) is 0 Å². The third-order valence-corrected chi connectivity index (χ3v) is 6.58. The number of hydrogen-bond acceptors (Lipinski definition) is 6. The van der Waals surface area contributed by atoms with Gasteiger partial charge in [-0.25, -0.2) is 13.1 Å². The van der Waals surface area contributed by atoms with Gasteiger partial charge in [-0.1, -0.05) is 0 Å². The van der Waals surface area contributed by atoms with Gasteiger partial charge in [0, 0.05) is 59.5 Å². The lowest BCUT2D eigenvalue weighted by atomic mass is 10.1. The first-order valence-electron chi connectivity index (χ1n) is 10.3. The van der Waals surface area contributed by atoms with E-state index < -0.39 is 10.0 Å². The Labute approximate surface area is 192 Å². The summed E-state index contributed by atoms with van der Waals surface area (Å²) in [5.41, 5.74) is 0. The van der Waals surface area contributed by atoms with Crippen molar-refractivity contribution in [3.63, 3.8) is 0 Å². The lowest BCUT2D eigenvalue weighted by Gasteiger charge is -2.32. The van der Waals surface area contributed by atoms with Crippen molar-refractivity contribution < 1.29 is 17.9 Å². The quantitative estimate of drug-likeness (QED) is 0.206. The minimum Gasteiger partial charge on any atom is -0.383 e. The van der Waals surface area contributed by atoms with E-state index in [1.807, 2.05) is 0 Å². The number of aliphatic imine (C=N–C) groups is 1. The van der Waals surface area contributed by atoms with Crippen LogP contribution in [0.4, 0.5) is 0 Å². The van der Waals surface area contributed by atoms with Crippen LogP contribution in [0, 0.1) is 0 Å². The lowest BCUT2D eigenvalue weighted by molar-refractivity contribution is 0.0200. The van der Waals surface area contributed by atoms with Gasteiger partial charge in [0.15, 0.2) is 5.96 Å². The first-order chi connectivity index (χ1) is 13.5. The van der Waals surface area contributed by atoms with Crippen LogP contribution in [-0.4, -0.2) is 97.3 Å². The normalized spacial score (nSPS) is 22.1. The van der Waals surface area contributed by atoms with Gasteiger partial charge < -0.3 is 25.0 Å². The third-order valence-electron chi connectivity index (χ3n) is 5.23. The number of nitrogens with one attached hydrogen (secondary N) is 3. The molecule has 2 heterocycles. The van der Waals surface area contributed by atoms with E-state index in [9.17, 15) is 8.42 Å². The summed E-state index contributed by atoms with van der Waals surface area (Å²) in [6.07, 6.45) is 5.15. The third kappa shape index (κ3) is 11.1. The van der Waals surface area contributed by atoms with E-state index in [2.05, 4.69) is 25.2 Å². The van der Waals surface area contributed by atoms with E-state index in [1.165, 1.54) is 0 Å². The zero-order chi connectivity index (χ0) is 20.2. The highest BCUT2D eigenvalue weighted by Gasteiger charge is 2.20. The molecule has 11 heteroatoms. The van der Waals surface area contributed by atoms with Crippen LogP contribution in [0.1, 0.15) is 32.1 Å². The first kappa shape index (κ1) is 26.8. The molecular formula is C18H38IN5O4S. The predicted molar refractivity (Wildman–Crippen MR) is 127 cm³/mol. The summed E-state index contributed by atoms with van der Waals surface area (Å²) < 4.78 is 37.7. The van der Waals surface area contributed by atoms with Crippen molar-refractivity contribution in [3.8, 4) is 0 Å². The van der Waals surface area contributed by atoms with Crippen molar-refractivity contribution in [2.24, 2.45) is 4.99 Å². The van der Waals surface area contributed by atoms with Crippen LogP contribution >= 0.6 is 24.0 Å². The molecule has 1 unspecified atom stereocenters. The Morgan fingerprint density at radius 3 is 2.62 bits per heavy atom. The highest BCUT2D eigenvalue weighted by atomic mass is 127. The van der Waals surface area contributed by atoms with E-state index in [-0.39, 0.29) is 35.8 Å². The molecular weight excluding hydrogens is 509 g/mol. The SMILES string of the molecule is CN=C(NCCS(=O)(=O)NCC1CCCCO1)NC1CCN(CCOC)CC1.I. The van der Waals surface area contributed by atoms with E-state index in [4.69, 9.17) is 9.47 Å². The number of ether oxygens (including phenoxy) is 2. The fourth-order valence-electron chi connectivity index (χ4n) is 3.47. The Morgan fingerprint density at radius 2 is 2.00 bits per heavy atom. The zero-order valence-corrected chi connectivity index (χ0v) is 20.8. The van der Waals surface area contributed by atoms with Crippen molar-refractivity contribution >= 4 is 40.0 Å². The summed E-state index contributed by atoms with van der Waals surface area (Å²) in [6.45, 7) is 5.17. The largest absolute Gasteiger partial charge is 0.383 e. The number of nitrogens with zero attached hydrogens (tertiary/aromatic N) is 2. The van der Waals surface area contributed by atoms with Crippen molar-refractivity contribution in [2.45, 2.75) is 44.2 Å². The number of hydrogen-bond donors (Lipinski definition) is 3. The summed E-state index contributed by atoms with van der Waals surface area (Å²) in [6, 6.07) is 0.350. The fraction of sp³-hybridized carbons (Fsp3) is 0.944. The molecule has 0 spiro atoms. The molecule has 2 saturated heterocycles. The smallest absolute Gasteiger partial charge is 0.213 e. The van der Waals surface area contributed by atoms with Crippen LogP contribution in [0.25, 0.3) is 0 Å². The molecule has 0 amide bonds. The van der Waals surface area contributed by atoms with Gasteiger partial charge in [0.25, 0.3) is 0 Å². The second-order valence-corrected chi connectivity index (χ2v) is 9.33.